The lowest BCUT2D eigenvalue weighted by molar-refractivity contribution is -0.117. The lowest BCUT2D eigenvalue weighted by atomic mass is 10.2. The molecule has 28 heavy (non-hydrogen) atoms. The molecule has 1 aliphatic carbocycles. The second kappa shape index (κ2) is 8.06. The van der Waals surface area contributed by atoms with Gasteiger partial charge in [0.25, 0.3) is 5.91 Å². The van der Waals surface area contributed by atoms with Crippen LogP contribution in [0.3, 0.4) is 0 Å². The molecular formula is C20H19N3O2S3. The molecule has 1 aliphatic rings. The van der Waals surface area contributed by atoms with Crippen LogP contribution in [0.4, 0.5) is 10.7 Å². The molecule has 2 amide bonds. The molecule has 144 valence electrons. The molecule has 0 spiro atoms. The van der Waals surface area contributed by atoms with E-state index in [1.807, 2.05) is 37.4 Å². The van der Waals surface area contributed by atoms with Crippen LogP contribution in [-0.2, 0) is 4.79 Å². The van der Waals surface area contributed by atoms with Gasteiger partial charge in [0.2, 0.25) is 5.91 Å². The van der Waals surface area contributed by atoms with Crippen LogP contribution in [0.5, 0.6) is 0 Å². The number of nitrogens with one attached hydrogen (secondary N) is 2. The third kappa shape index (κ3) is 4.63. The van der Waals surface area contributed by atoms with Crippen molar-refractivity contribution in [1.29, 1.82) is 0 Å². The van der Waals surface area contributed by atoms with Gasteiger partial charge in [0.15, 0.2) is 4.34 Å². The number of hydrogen-bond donors (Lipinski definition) is 2. The number of nitrogens with zero attached hydrogens (tertiary/aromatic N) is 1. The average molecular weight is 430 g/mol. The maximum absolute atomic E-state index is 12.6. The van der Waals surface area contributed by atoms with Gasteiger partial charge in [0.05, 0.1) is 9.88 Å². The molecule has 1 fully saturated rings. The number of thiazole rings is 1. The third-order valence-corrected chi connectivity index (χ3v) is 7.32. The van der Waals surface area contributed by atoms with Gasteiger partial charge in [0, 0.05) is 27.6 Å². The van der Waals surface area contributed by atoms with Crippen LogP contribution in [-0.4, -0.2) is 16.8 Å². The minimum Gasteiger partial charge on any atom is -0.321 e. The Labute approximate surface area is 175 Å². The number of aromatic nitrogens is 1. The number of anilines is 2. The molecule has 1 saturated carbocycles. The van der Waals surface area contributed by atoms with E-state index in [2.05, 4.69) is 15.6 Å². The molecule has 5 nitrogen and oxygen atoms in total. The Bertz CT molecular complexity index is 1040. The van der Waals surface area contributed by atoms with E-state index in [-0.39, 0.29) is 17.7 Å². The second-order valence-corrected chi connectivity index (χ2v) is 9.98. The molecule has 0 radical (unpaired) electrons. The summed E-state index contributed by atoms with van der Waals surface area (Å²) in [5.74, 6) is 0.0239. The predicted molar refractivity (Wildman–Crippen MR) is 116 cm³/mol. The molecule has 0 saturated heterocycles. The highest BCUT2D eigenvalue weighted by molar-refractivity contribution is 8.01. The molecule has 8 heteroatoms. The van der Waals surface area contributed by atoms with Crippen LogP contribution in [0, 0.1) is 19.8 Å². The molecule has 3 aromatic rings. The zero-order chi connectivity index (χ0) is 19.7. The Hall–Kier alpha value is -2.16. The first-order valence-corrected chi connectivity index (χ1v) is 11.4. The first-order chi connectivity index (χ1) is 13.5. The quantitative estimate of drug-likeness (QED) is 0.537. The average Bonchev–Trinajstić information content (AvgIpc) is 3.28. The number of thiophene rings is 1. The van der Waals surface area contributed by atoms with Crippen molar-refractivity contribution < 1.29 is 9.59 Å². The Balaban J connectivity index is 1.40. The van der Waals surface area contributed by atoms with E-state index in [9.17, 15) is 9.59 Å². The van der Waals surface area contributed by atoms with Gasteiger partial charge in [-0.25, -0.2) is 4.98 Å². The summed E-state index contributed by atoms with van der Waals surface area (Å²) in [6.45, 7) is 3.96. The van der Waals surface area contributed by atoms with Gasteiger partial charge >= 0.3 is 0 Å². The fourth-order valence-corrected chi connectivity index (χ4v) is 5.31. The van der Waals surface area contributed by atoms with E-state index >= 15 is 0 Å². The Morgan fingerprint density at radius 2 is 1.96 bits per heavy atom. The number of aryl methyl sites for hydroxylation is 2. The summed E-state index contributed by atoms with van der Waals surface area (Å²) < 4.78 is 1.01. The van der Waals surface area contributed by atoms with E-state index < -0.39 is 0 Å². The van der Waals surface area contributed by atoms with Crippen molar-refractivity contribution in [3.8, 4) is 0 Å². The van der Waals surface area contributed by atoms with Crippen LogP contribution in [0.2, 0.25) is 0 Å². The van der Waals surface area contributed by atoms with Crippen molar-refractivity contribution >= 4 is 56.9 Å². The van der Waals surface area contributed by atoms with Crippen LogP contribution in [0.1, 0.15) is 33.8 Å². The zero-order valence-corrected chi connectivity index (χ0v) is 17.9. The molecule has 0 bridgehead atoms. The Morgan fingerprint density at radius 1 is 1.14 bits per heavy atom. The number of carbonyl (C=O) groups is 2. The van der Waals surface area contributed by atoms with Gasteiger partial charge < -0.3 is 10.6 Å². The van der Waals surface area contributed by atoms with Crippen LogP contribution < -0.4 is 10.6 Å². The standard InChI is InChI=1S/C20H19N3O2S3/c1-11-9-14(27-20-21-12(2)10-26-20)5-6-15(11)22-19(25)16-7-8-17(28-16)23-18(24)13-3-4-13/h5-10,13H,3-4H2,1-2H3,(H,22,25)(H,23,24). The first kappa shape index (κ1) is 19.2. The van der Waals surface area contributed by atoms with Gasteiger partial charge in [0.1, 0.15) is 0 Å². The smallest absolute Gasteiger partial charge is 0.265 e. The normalized spacial score (nSPS) is 13.4. The summed E-state index contributed by atoms with van der Waals surface area (Å²) in [7, 11) is 0. The van der Waals surface area contributed by atoms with Gasteiger partial charge in [-0.3, -0.25) is 9.59 Å². The molecule has 0 unspecified atom stereocenters. The van der Waals surface area contributed by atoms with Crippen molar-refractivity contribution in [1.82, 2.24) is 4.98 Å². The molecule has 0 aliphatic heterocycles. The summed E-state index contributed by atoms with van der Waals surface area (Å²) in [5, 5.41) is 8.58. The van der Waals surface area contributed by atoms with Crippen LogP contribution in [0.25, 0.3) is 0 Å². The van der Waals surface area contributed by atoms with Gasteiger partial charge in [-0.2, -0.15) is 0 Å². The van der Waals surface area contributed by atoms with E-state index in [0.717, 1.165) is 39.0 Å². The number of carbonyl (C=O) groups excluding carboxylic acids is 2. The Kier molecular flexibility index (Phi) is 5.52. The lowest BCUT2D eigenvalue weighted by Crippen LogP contribution is -2.12. The highest BCUT2D eigenvalue weighted by Crippen LogP contribution is 2.33. The fourth-order valence-electron chi connectivity index (χ4n) is 2.60. The molecule has 2 aromatic heterocycles. The zero-order valence-electron chi connectivity index (χ0n) is 15.4. The van der Waals surface area contributed by atoms with E-state index in [0.29, 0.717) is 9.88 Å². The molecule has 2 N–H and O–H groups in total. The molecule has 1 aromatic carbocycles. The van der Waals surface area contributed by atoms with Crippen LogP contribution >= 0.6 is 34.4 Å². The van der Waals surface area contributed by atoms with Gasteiger partial charge in [-0.1, -0.05) is 11.8 Å². The third-order valence-electron chi connectivity index (χ3n) is 4.27. The second-order valence-electron chi connectivity index (χ2n) is 6.72. The van der Waals surface area contributed by atoms with E-state index in [1.165, 1.54) is 11.3 Å². The first-order valence-electron chi connectivity index (χ1n) is 8.90. The molecule has 4 rings (SSSR count). The van der Waals surface area contributed by atoms with Crippen molar-refractivity contribution in [2.75, 3.05) is 10.6 Å². The maximum atomic E-state index is 12.6. The van der Waals surface area contributed by atoms with Crippen molar-refractivity contribution in [3.63, 3.8) is 0 Å². The van der Waals surface area contributed by atoms with Gasteiger partial charge in [-0.05, 0) is 62.6 Å². The summed E-state index contributed by atoms with van der Waals surface area (Å²) in [6, 6.07) is 9.47. The van der Waals surface area contributed by atoms with Crippen molar-refractivity contribution in [2.45, 2.75) is 35.9 Å². The monoisotopic (exact) mass is 429 g/mol. The largest absolute Gasteiger partial charge is 0.321 e. The summed E-state index contributed by atoms with van der Waals surface area (Å²) in [5.41, 5.74) is 2.80. The summed E-state index contributed by atoms with van der Waals surface area (Å²) in [4.78, 5) is 30.5. The van der Waals surface area contributed by atoms with E-state index in [1.54, 1.807) is 35.2 Å². The highest BCUT2D eigenvalue weighted by atomic mass is 32.2. The fraction of sp³-hybridized carbons (Fsp3) is 0.250. The number of hydrogen-bond acceptors (Lipinski definition) is 6. The molecule has 0 atom stereocenters. The SMILES string of the molecule is Cc1csc(Sc2ccc(NC(=O)c3ccc(NC(=O)C4CC4)s3)c(C)c2)n1. The topological polar surface area (TPSA) is 71.1 Å². The lowest BCUT2D eigenvalue weighted by Gasteiger charge is -2.09. The summed E-state index contributed by atoms with van der Waals surface area (Å²) in [6.07, 6.45) is 1.92. The van der Waals surface area contributed by atoms with E-state index in [4.69, 9.17) is 0 Å². The van der Waals surface area contributed by atoms with Crippen molar-refractivity contribution in [3.05, 3.63) is 51.8 Å². The van der Waals surface area contributed by atoms with Gasteiger partial charge in [-0.15, -0.1) is 22.7 Å². The van der Waals surface area contributed by atoms with Crippen LogP contribution in [0.15, 0.2) is 44.9 Å². The number of amides is 2. The highest BCUT2D eigenvalue weighted by Gasteiger charge is 2.29. The Morgan fingerprint density at radius 3 is 2.64 bits per heavy atom. The minimum absolute atomic E-state index is 0.0492. The molecular weight excluding hydrogens is 410 g/mol. The number of benzene rings is 1. The minimum atomic E-state index is -0.170. The predicted octanol–water partition coefficient (Wildman–Crippen LogP) is 5.57. The molecule has 2 heterocycles. The van der Waals surface area contributed by atoms with Crippen molar-refractivity contribution in [2.24, 2.45) is 5.92 Å². The maximum Gasteiger partial charge on any atom is 0.265 e. The number of rotatable bonds is 6. The summed E-state index contributed by atoms with van der Waals surface area (Å²) >= 11 is 4.54.